The molecule has 1 heterocycles. The zero-order chi connectivity index (χ0) is 14.5. The van der Waals surface area contributed by atoms with Crippen LogP contribution in [0.4, 0.5) is 5.69 Å². The summed E-state index contributed by atoms with van der Waals surface area (Å²) in [5.74, 6) is -1.14. The number of carboxylic acids is 1. The molecule has 1 aliphatic rings. The van der Waals surface area contributed by atoms with Crippen molar-refractivity contribution in [2.45, 2.75) is 0 Å². The predicted octanol–water partition coefficient (Wildman–Crippen LogP) is 1.52. The fourth-order valence-electron chi connectivity index (χ4n) is 2.23. The Kier molecular flexibility index (Phi) is 8.86. The summed E-state index contributed by atoms with van der Waals surface area (Å²) in [6, 6.07) is 6.86. The fourth-order valence-corrected chi connectivity index (χ4v) is 2.23. The van der Waals surface area contributed by atoms with Gasteiger partial charge in [-0.05, 0) is 24.3 Å². The minimum absolute atomic E-state index is 0. The minimum atomic E-state index is -0.917. The maximum absolute atomic E-state index is 11.2. The van der Waals surface area contributed by atoms with E-state index in [1.54, 1.807) is 12.1 Å². The zero-order valence-electron chi connectivity index (χ0n) is 12.2. The van der Waals surface area contributed by atoms with Gasteiger partial charge in [0.15, 0.2) is 0 Å². The Morgan fingerprint density at radius 1 is 1.09 bits per heavy atom. The van der Waals surface area contributed by atoms with Gasteiger partial charge in [0.05, 0.1) is 19.2 Å². The molecule has 1 aromatic rings. The molecular formula is C14H20Cl2N2O4. The van der Waals surface area contributed by atoms with E-state index < -0.39 is 5.97 Å². The smallest absolute Gasteiger partial charge is 0.335 e. The highest BCUT2D eigenvalue weighted by molar-refractivity contribution is 5.88. The number of piperazine rings is 1. The van der Waals surface area contributed by atoms with E-state index >= 15 is 0 Å². The van der Waals surface area contributed by atoms with Crippen molar-refractivity contribution >= 4 is 42.4 Å². The minimum Gasteiger partial charge on any atom is -0.478 e. The van der Waals surface area contributed by atoms with Crippen LogP contribution in [0.3, 0.4) is 0 Å². The molecule has 1 aromatic carbocycles. The first-order chi connectivity index (χ1) is 9.60. The second-order valence-electron chi connectivity index (χ2n) is 4.69. The Morgan fingerprint density at radius 2 is 1.64 bits per heavy atom. The molecule has 2 rings (SSSR count). The summed E-state index contributed by atoms with van der Waals surface area (Å²) in [4.78, 5) is 26.2. The first-order valence-electron chi connectivity index (χ1n) is 6.47. The van der Waals surface area contributed by atoms with E-state index in [-0.39, 0.29) is 36.3 Å². The molecule has 0 aromatic heterocycles. The first kappa shape index (κ1) is 20.5. The van der Waals surface area contributed by atoms with Crippen LogP contribution in [-0.4, -0.2) is 61.8 Å². The number of halogens is 2. The Bertz CT molecular complexity index is 488. The standard InChI is InChI=1S/C14H18N2O4.2ClH/c1-20-13(17)10-15-6-8-16(9-7-15)12-4-2-11(3-5-12)14(18)19;;/h2-5H,6-10H2,1H3,(H,18,19);2*1H. The number of anilines is 1. The Morgan fingerprint density at radius 3 is 2.09 bits per heavy atom. The molecule has 1 aliphatic heterocycles. The molecule has 0 radical (unpaired) electrons. The van der Waals surface area contributed by atoms with Gasteiger partial charge >= 0.3 is 11.9 Å². The average molecular weight is 351 g/mol. The van der Waals surface area contributed by atoms with Crippen LogP contribution in [0, 0.1) is 0 Å². The van der Waals surface area contributed by atoms with Crippen LogP contribution in [0.15, 0.2) is 24.3 Å². The maximum atomic E-state index is 11.2. The van der Waals surface area contributed by atoms with Gasteiger partial charge < -0.3 is 14.7 Å². The average Bonchev–Trinajstić information content (AvgIpc) is 2.48. The van der Waals surface area contributed by atoms with Crippen molar-refractivity contribution in [3.8, 4) is 0 Å². The number of carboxylic acid groups (broad SMARTS) is 1. The molecule has 0 bridgehead atoms. The third kappa shape index (κ3) is 5.36. The summed E-state index contributed by atoms with van der Waals surface area (Å²) in [5, 5.41) is 8.86. The predicted molar refractivity (Wildman–Crippen MR) is 88.6 cm³/mol. The normalized spacial score (nSPS) is 14.5. The summed E-state index contributed by atoms with van der Waals surface area (Å²) in [6.45, 7) is 3.51. The number of nitrogens with zero attached hydrogens (tertiary/aromatic N) is 2. The highest BCUT2D eigenvalue weighted by Gasteiger charge is 2.19. The van der Waals surface area contributed by atoms with Crippen LogP contribution in [-0.2, 0) is 9.53 Å². The Balaban J connectivity index is 0.00000220. The molecule has 124 valence electrons. The monoisotopic (exact) mass is 350 g/mol. The van der Waals surface area contributed by atoms with Gasteiger partial charge in [0.1, 0.15) is 0 Å². The SMILES string of the molecule is COC(=O)CN1CCN(c2ccc(C(=O)O)cc2)CC1.Cl.Cl. The number of esters is 1. The third-order valence-electron chi connectivity index (χ3n) is 3.43. The van der Waals surface area contributed by atoms with E-state index in [4.69, 9.17) is 5.11 Å². The van der Waals surface area contributed by atoms with Gasteiger partial charge in [-0.2, -0.15) is 0 Å². The molecule has 1 saturated heterocycles. The lowest BCUT2D eigenvalue weighted by Gasteiger charge is -2.35. The second-order valence-corrected chi connectivity index (χ2v) is 4.69. The number of rotatable bonds is 4. The first-order valence-corrected chi connectivity index (χ1v) is 6.47. The maximum Gasteiger partial charge on any atom is 0.335 e. The molecule has 6 nitrogen and oxygen atoms in total. The van der Waals surface area contributed by atoms with Crippen LogP contribution < -0.4 is 4.90 Å². The molecule has 0 aliphatic carbocycles. The second kappa shape index (κ2) is 9.50. The van der Waals surface area contributed by atoms with Gasteiger partial charge in [0.2, 0.25) is 0 Å². The van der Waals surface area contributed by atoms with Crippen molar-refractivity contribution in [2.24, 2.45) is 0 Å². The van der Waals surface area contributed by atoms with Gasteiger partial charge in [-0.15, -0.1) is 24.8 Å². The highest BCUT2D eigenvalue weighted by atomic mass is 35.5. The molecule has 0 atom stereocenters. The van der Waals surface area contributed by atoms with E-state index in [1.165, 1.54) is 7.11 Å². The van der Waals surface area contributed by atoms with E-state index in [0.717, 1.165) is 31.9 Å². The number of carbonyl (C=O) groups is 2. The number of aromatic carboxylic acids is 1. The molecule has 0 amide bonds. The quantitative estimate of drug-likeness (QED) is 0.830. The van der Waals surface area contributed by atoms with Crippen molar-refractivity contribution in [1.82, 2.24) is 4.90 Å². The lowest BCUT2D eigenvalue weighted by Crippen LogP contribution is -2.48. The van der Waals surface area contributed by atoms with Crippen LogP contribution >= 0.6 is 24.8 Å². The molecule has 0 saturated carbocycles. The molecule has 8 heteroatoms. The number of hydrogen-bond donors (Lipinski definition) is 1. The number of hydrogen-bond acceptors (Lipinski definition) is 5. The van der Waals surface area contributed by atoms with Gasteiger partial charge in [-0.25, -0.2) is 4.79 Å². The van der Waals surface area contributed by atoms with Crippen molar-refractivity contribution in [2.75, 3.05) is 44.7 Å². The van der Waals surface area contributed by atoms with Crippen molar-refractivity contribution < 1.29 is 19.4 Å². The lowest BCUT2D eigenvalue weighted by atomic mass is 10.2. The number of methoxy groups -OCH3 is 1. The van der Waals surface area contributed by atoms with Gasteiger partial charge in [0, 0.05) is 31.9 Å². The van der Waals surface area contributed by atoms with Crippen LogP contribution in [0.2, 0.25) is 0 Å². The largest absolute Gasteiger partial charge is 0.478 e. The van der Waals surface area contributed by atoms with E-state index in [9.17, 15) is 9.59 Å². The van der Waals surface area contributed by atoms with Crippen LogP contribution in [0.1, 0.15) is 10.4 Å². The lowest BCUT2D eigenvalue weighted by molar-refractivity contribution is -0.142. The summed E-state index contributed by atoms with van der Waals surface area (Å²) in [7, 11) is 1.39. The van der Waals surface area contributed by atoms with E-state index in [1.807, 2.05) is 17.0 Å². The van der Waals surface area contributed by atoms with Crippen LogP contribution in [0.5, 0.6) is 0 Å². The summed E-state index contributed by atoms with van der Waals surface area (Å²) >= 11 is 0. The summed E-state index contributed by atoms with van der Waals surface area (Å²) < 4.78 is 4.65. The third-order valence-corrected chi connectivity index (χ3v) is 3.43. The Hall–Kier alpha value is -1.50. The fraction of sp³-hybridized carbons (Fsp3) is 0.429. The molecule has 1 fully saturated rings. The molecule has 0 unspecified atom stereocenters. The van der Waals surface area contributed by atoms with Crippen molar-refractivity contribution in [3.05, 3.63) is 29.8 Å². The molecule has 22 heavy (non-hydrogen) atoms. The topological polar surface area (TPSA) is 70.1 Å². The van der Waals surface area contributed by atoms with Gasteiger partial charge in [-0.1, -0.05) is 0 Å². The van der Waals surface area contributed by atoms with Gasteiger partial charge in [0.25, 0.3) is 0 Å². The van der Waals surface area contributed by atoms with Crippen molar-refractivity contribution in [3.63, 3.8) is 0 Å². The summed E-state index contributed by atoms with van der Waals surface area (Å²) in [5.41, 5.74) is 1.30. The summed E-state index contributed by atoms with van der Waals surface area (Å²) in [6.07, 6.45) is 0. The highest BCUT2D eigenvalue weighted by Crippen LogP contribution is 2.17. The van der Waals surface area contributed by atoms with E-state index in [0.29, 0.717) is 6.54 Å². The van der Waals surface area contributed by atoms with E-state index in [2.05, 4.69) is 9.64 Å². The number of ether oxygens (including phenoxy) is 1. The van der Waals surface area contributed by atoms with Gasteiger partial charge in [-0.3, -0.25) is 9.69 Å². The zero-order valence-corrected chi connectivity index (χ0v) is 13.9. The number of carbonyl (C=O) groups excluding carboxylic acids is 1. The Labute approximate surface area is 141 Å². The molecule has 0 spiro atoms. The van der Waals surface area contributed by atoms with Crippen molar-refractivity contribution in [1.29, 1.82) is 0 Å². The molecule has 1 N–H and O–H groups in total. The number of benzene rings is 1. The molecular weight excluding hydrogens is 331 g/mol. The van der Waals surface area contributed by atoms with Crippen LogP contribution in [0.25, 0.3) is 0 Å².